The Morgan fingerprint density at radius 3 is 2.41 bits per heavy atom. The minimum absolute atomic E-state index is 0.0255. The van der Waals surface area contributed by atoms with Gasteiger partial charge in [0, 0.05) is 12.6 Å². The quantitative estimate of drug-likeness (QED) is 0.670. The number of carbonyl (C=O) groups is 1. The Balaban J connectivity index is 1.99. The van der Waals surface area contributed by atoms with Gasteiger partial charge in [-0.25, -0.2) is 8.42 Å². The lowest BCUT2D eigenvalue weighted by atomic mass is 9.92. The molecule has 1 amide bonds. The number of rotatable bonds is 7. The molecule has 1 aliphatic rings. The predicted molar refractivity (Wildman–Crippen MR) is 123 cm³/mol. The second kappa shape index (κ2) is 8.90. The smallest absolute Gasteiger partial charge is 0.262 e. The van der Waals surface area contributed by atoms with Gasteiger partial charge in [-0.1, -0.05) is 13.8 Å². The van der Waals surface area contributed by atoms with Crippen molar-refractivity contribution in [3.63, 3.8) is 0 Å². The molecule has 3 rings (SSSR count). The predicted octanol–water partition coefficient (Wildman–Crippen LogP) is 3.91. The lowest BCUT2D eigenvalue weighted by Gasteiger charge is -2.29. The maximum Gasteiger partial charge on any atom is 0.262 e. The Morgan fingerprint density at radius 1 is 1.09 bits per heavy atom. The Hall–Kier alpha value is -2.94. The van der Waals surface area contributed by atoms with E-state index in [9.17, 15) is 13.2 Å². The maximum atomic E-state index is 13.2. The van der Waals surface area contributed by atoms with Crippen molar-refractivity contribution < 1.29 is 27.4 Å². The van der Waals surface area contributed by atoms with Crippen LogP contribution in [0.5, 0.6) is 17.2 Å². The van der Waals surface area contributed by atoms with Crippen LogP contribution in [0.25, 0.3) is 0 Å². The fraction of sp³-hybridized carbons (Fsp3) is 0.435. The molecule has 0 aliphatic carbocycles. The van der Waals surface area contributed by atoms with E-state index < -0.39 is 15.4 Å². The van der Waals surface area contributed by atoms with Gasteiger partial charge in [0.2, 0.25) is 5.91 Å². The summed E-state index contributed by atoms with van der Waals surface area (Å²) in [5.74, 6) is 1.43. The van der Waals surface area contributed by atoms with Crippen LogP contribution in [0.4, 0.5) is 11.4 Å². The van der Waals surface area contributed by atoms with Crippen LogP contribution in [0, 0.1) is 11.3 Å². The number of hydrogen-bond donors (Lipinski definition) is 1. The zero-order chi connectivity index (χ0) is 23.7. The van der Waals surface area contributed by atoms with Crippen molar-refractivity contribution in [2.45, 2.75) is 32.6 Å². The number of methoxy groups -OCH3 is 2. The number of nitrogens with zero attached hydrogens (tertiary/aromatic N) is 1. The van der Waals surface area contributed by atoms with Gasteiger partial charge in [0.1, 0.15) is 12.4 Å². The summed E-state index contributed by atoms with van der Waals surface area (Å²) in [4.78, 5) is 14.9. The van der Waals surface area contributed by atoms with Crippen LogP contribution in [0.2, 0.25) is 0 Å². The van der Waals surface area contributed by atoms with Gasteiger partial charge < -0.3 is 19.1 Å². The van der Waals surface area contributed by atoms with Crippen LogP contribution in [-0.2, 0) is 14.8 Å². The zero-order valence-electron chi connectivity index (χ0n) is 19.3. The summed E-state index contributed by atoms with van der Waals surface area (Å²) in [5.41, 5.74) is 0.165. The molecule has 2 aromatic rings. The Kier molecular flexibility index (Phi) is 6.59. The second-order valence-electron chi connectivity index (χ2n) is 8.79. The van der Waals surface area contributed by atoms with Crippen LogP contribution in [-0.4, -0.2) is 41.7 Å². The molecule has 0 atom stereocenters. The van der Waals surface area contributed by atoms with E-state index in [4.69, 9.17) is 14.2 Å². The number of nitrogens with one attached hydrogen (secondary N) is 1. The molecule has 32 heavy (non-hydrogen) atoms. The third kappa shape index (κ3) is 4.77. The Labute approximate surface area is 189 Å². The van der Waals surface area contributed by atoms with Gasteiger partial charge in [-0.2, -0.15) is 0 Å². The monoisotopic (exact) mass is 462 g/mol. The fourth-order valence-corrected chi connectivity index (χ4v) is 4.52. The molecule has 174 valence electrons. The molecule has 0 unspecified atom stereocenters. The molecule has 0 fully saturated rings. The number of anilines is 2. The van der Waals surface area contributed by atoms with Crippen molar-refractivity contribution in [1.82, 2.24) is 0 Å². The van der Waals surface area contributed by atoms with E-state index in [0.29, 0.717) is 35.2 Å². The van der Waals surface area contributed by atoms with E-state index in [1.165, 1.54) is 32.4 Å². The van der Waals surface area contributed by atoms with E-state index in [1.54, 1.807) is 23.1 Å². The molecule has 0 saturated carbocycles. The largest absolute Gasteiger partial charge is 0.493 e. The van der Waals surface area contributed by atoms with Crippen molar-refractivity contribution in [3.8, 4) is 17.2 Å². The summed E-state index contributed by atoms with van der Waals surface area (Å²) >= 11 is 0. The van der Waals surface area contributed by atoms with Crippen LogP contribution in [0.15, 0.2) is 41.3 Å². The number of amides is 1. The van der Waals surface area contributed by atoms with Gasteiger partial charge in [0.05, 0.1) is 35.9 Å². The third-order valence-corrected chi connectivity index (χ3v) is 6.51. The molecule has 9 heteroatoms. The highest BCUT2D eigenvalue weighted by atomic mass is 32.2. The second-order valence-corrected chi connectivity index (χ2v) is 10.5. The molecular formula is C23H30N2O6S. The first kappa shape index (κ1) is 23.7. The SMILES string of the molecule is COc1ccc(S(=O)(=O)Nc2ccc3c(c2)N(CC(C)C)C(=O)C(C)(C)CO3)cc1OC. The molecule has 1 heterocycles. The molecule has 0 aromatic heterocycles. The van der Waals surface area contributed by atoms with Crippen molar-refractivity contribution >= 4 is 27.3 Å². The van der Waals surface area contributed by atoms with Crippen LogP contribution in [0.1, 0.15) is 27.7 Å². The topological polar surface area (TPSA) is 94.2 Å². The lowest BCUT2D eigenvalue weighted by Crippen LogP contribution is -2.43. The minimum atomic E-state index is -3.91. The first-order chi connectivity index (χ1) is 15.0. The summed E-state index contributed by atoms with van der Waals surface area (Å²) < 4.78 is 44.9. The molecule has 1 N–H and O–H groups in total. The number of sulfonamides is 1. The van der Waals surface area contributed by atoms with Gasteiger partial charge in [0.25, 0.3) is 10.0 Å². The highest BCUT2D eigenvalue weighted by Crippen LogP contribution is 2.39. The molecule has 0 saturated heterocycles. The van der Waals surface area contributed by atoms with Gasteiger partial charge in [-0.3, -0.25) is 9.52 Å². The first-order valence-corrected chi connectivity index (χ1v) is 11.8. The van der Waals surface area contributed by atoms with E-state index in [0.717, 1.165) is 0 Å². The number of ether oxygens (including phenoxy) is 3. The highest BCUT2D eigenvalue weighted by Gasteiger charge is 2.38. The van der Waals surface area contributed by atoms with E-state index in [2.05, 4.69) is 4.72 Å². The van der Waals surface area contributed by atoms with Gasteiger partial charge in [0.15, 0.2) is 11.5 Å². The summed E-state index contributed by atoms with van der Waals surface area (Å²) in [5, 5.41) is 0. The number of hydrogen-bond acceptors (Lipinski definition) is 6. The van der Waals surface area contributed by atoms with E-state index in [-0.39, 0.29) is 23.3 Å². The van der Waals surface area contributed by atoms with Crippen molar-refractivity contribution in [2.75, 3.05) is 37.0 Å². The van der Waals surface area contributed by atoms with Crippen LogP contribution in [0.3, 0.4) is 0 Å². The molecule has 0 radical (unpaired) electrons. The fourth-order valence-electron chi connectivity index (χ4n) is 3.45. The van der Waals surface area contributed by atoms with Crippen molar-refractivity contribution in [1.29, 1.82) is 0 Å². The van der Waals surface area contributed by atoms with Crippen LogP contribution >= 0.6 is 0 Å². The summed E-state index contributed by atoms with van der Waals surface area (Å²) in [7, 11) is -0.993. The van der Waals surface area contributed by atoms with E-state index in [1.807, 2.05) is 27.7 Å². The Morgan fingerprint density at radius 2 is 1.78 bits per heavy atom. The van der Waals surface area contributed by atoms with Gasteiger partial charge >= 0.3 is 0 Å². The average Bonchev–Trinajstić information content (AvgIpc) is 2.83. The molecule has 2 aromatic carbocycles. The first-order valence-electron chi connectivity index (χ1n) is 10.3. The van der Waals surface area contributed by atoms with Gasteiger partial charge in [-0.05, 0) is 50.1 Å². The molecule has 1 aliphatic heterocycles. The molecule has 8 nitrogen and oxygen atoms in total. The molecule has 0 bridgehead atoms. The number of carbonyl (C=O) groups excluding carboxylic acids is 1. The molecule has 0 spiro atoms. The standard InChI is InChI=1S/C23H30N2O6S/c1-15(2)13-25-18-11-16(7-9-19(18)31-14-23(3,4)22(25)26)24-32(27,28)17-8-10-20(29-5)21(12-17)30-6/h7-12,15,24H,13-14H2,1-6H3. The van der Waals surface area contributed by atoms with Crippen LogP contribution < -0.4 is 23.8 Å². The zero-order valence-corrected chi connectivity index (χ0v) is 20.1. The number of fused-ring (bicyclic) bond motifs is 1. The Bertz CT molecular complexity index is 1110. The van der Waals surface area contributed by atoms with Crippen molar-refractivity contribution in [2.24, 2.45) is 11.3 Å². The average molecular weight is 463 g/mol. The van der Waals surface area contributed by atoms with Gasteiger partial charge in [-0.15, -0.1) is 0 Å². The summed E-state index contributed by atoms with van der Waals surface area (Å²) in [6.07, 6.45) is 0. The number of benzene rings is 2. The minimum Gasteiger partial charge on any atom is -0.493 e. The van der Waals surface area contributed by atoms with Crippen molar-refractivity contribution in [3.05, 3.63) is 36.4 Å². The maximum absolute atomic E-state index is 13.2. The molecular weight excluding hydrogens is 432 g/mol. The van der Waals surface area contributed by atoms with E-state index >= 15 is 0 Å². The highest BCUT2D eigenvalue weighted by molar-refractivity contribution is 7.92. The normalized spacial score (nSPS) is 15.6. The third-order valence-electron chi connectivity index (χ3n) is 5.13. The lowest BCUT2D eigenvalue weighted by molar-refractivity contribution is -0.127. The summed E-state index contributed by atoms with van der Waals surface area (Å²) in [6, 6.07) is 9.30. The summed E-state index contributed by atoms with van der Waals surface area (Å²) in [6.45, 7) is 8.46.